The van der Waals surface area contributed by atoms with Crippen LogP contribution in [0.25, 0.3) is 0 Å². The van der Waals surface area contributed by atoms with Crippen LogP contribution in [0.1, 0.15) is 26.3 Å². The lowest BCUT2D eigenvalue weighted by atomic mass is 9.87. The van der Waals surface area contributed by atoms with E-state index in [4.69, 9.17) is 15.2 Å². The molecule has 1 aliphatic rings. The molecule has 140 valence electrons. The zero-order valence-corrected chi connectivity index (χ0v) is 16.6. The lowest BCUT2D eigenvalue weighted by molar-refractivity contribution is -0.113. The van der Waals surface area contributed by atoms with E-state index in [0.29, 0.717) is 28.6 Å². The smallest absolute Gasteiger partial charge is 0.234 e. The third kappa shape index (κ3) is 4.77. The summed E-state index contributed by atoms with van der Waals surface area (Å²) in [5.41, 5.74) is 8.34. The monoisotopic (exact) mass is 394 g/mol. The number of rotatable bonds is 4. The molecule has 1 aliphatic heterocycles. The molecule has 0 aliphatic carbocycles. The lowest BCUT2D eigenvalue weighted by Crippen LogP contribution is -2.15. The molecule has 2 aromatic carbocycles. The van der Waals surface area contributed by atoms with Gasteiger partial charge in [0.05, 0.1) is 17.1 Å². The van der Waals surface area contributed by atoms with Crippen molar-refractivity contribution in [3.05, 3.63) is 42.0 Å². The molecule has 7 heteroatoms. The Hall–Kier alpha value is -2.05. The first kappa shape index (κ1) is 20.3. The summed E-state index contributed by atoms with van der Waals surface area (Å²) in [5.74, 6) is 1.39. The van der Waals surface area contributed by atoms with E-state index < -0.39 is 0 Å². The number of nitrogens with two attached hydrogens (primary N) is 1. The summed E-state index contributed by atoms with van der Waals surface area (Å²) in [6, 6.07) is 11.7. The number of ether oxygens (including phenoxy) is 2. The molecule has 0 fully saturated rings. The third-order valence-electron chi connectivity index (χ3n) is 3.91. The van der Waals surface area contributed by atoms with Crippen LogP contribution in [0, 0.1) is 0 Å². The zero-order chi connectivity index (χ0) is 18.0. The summed E-state index contributed by atoms with van der Waals surface area (Å²) < 4.78 is 10.6. The number of halogens is 1. The average molecular weight is 395 g/mol. The molecule has 0 spiro atoms. The fraction of sp³-hybridized carbons (Fsp3) is 0.316. The van der Waals surface area contributed by atoms with E-state index in [1.165, 1.54) is 17.3 Å². The topological polar surface area (TPSA) is 73.6 Å². The van der Waals surface area contributed by atoms with E-state index in [2.05, 4.69) is 38.2 Å². The SMILES string of the molecule is CC(C)(C)c1ccc(SCC(=O)Nc2cc3c(cc2N)OCO3)cc1.Cl. The highest BCUT2D eigenvalue weighted by atomic mass is 35.5. The van der Waals surface area contributed by atoms with Crippen LogP contribution in [0.15, 0.2) is 41.3 Å². The first-order valence-corrected chi connectivity index (χ1v) is 9.04. The van der Waals surface area contributed by atoms with Gasteiger partial charge in [-0.1, -0.05) is 32.9 Å². The normalized spacial score (nSPS) is 12.4. The average Bonchev–Trinajstić information content (AvgIpc) is 3.00. The summed E-state index contributed by atoms with van der Waals surface area (Å²) in [6.07, 6.45) is 0. The highest BCUT2D eigenvalue weighted by molar-refractivity contribution is 8.00. The Morgan fingerprint density at radius 3 is 2.38 bits per heavy atom. The molecule has 0 saturated carbocycles. The predicted octanol–water partition coefficient (Wildman–Crippen LogP) is 4.45. The first-order valence-electron chi connectivity index (χ1n) is 8.05. The largest absolute Gasteiger partial charge is 0.454 e. The van der Waals surface area contributed by atoms with E-state index in [1.54, 1.807) is 12.1 Å². The Morgan fingerprint density at radius 1 is 1.15 bits per heavy atom. The number of anilines is 2. The summed E-state index contributed by atoms with van der Waals surface area (Å²) in [5, 5.41) is 2.83. The molecule has 26 heavy (non-hydrogen) atoms. The molecule has 0 unspecified atom stereocenters. The fourth-order valence-electron chi connectivity index (χ4n) is 2.45. The van der Waals surface area contributed by atoms with E-state index in [1.807, 2.05) is 12.1 Å². The molecule has 0 aromatic heterocycles. The molecule has 0 saturated heterocycles. The summed E-state index contributed by atoms with van der Waals surface area (Å²) in [7, 11) is 0. The van der Waals surface area contributed by atoms with Crippen LogP contribution >= 0.6 is 24.2 Å². The van der Waals surface area contributed by atoms with Gasteiger partial charge in [-0.3, -0.25) is 4.79 Å². The van der Waals surface area contributed by atoms with Crippen molar-refractivity contribution in [1.82, 2.24) is 0 Å². The molecular formula is C19H23ClN2O3S. The van der Waals surface area contributed by atoms with Gasteiger partial charge in [-0.15, -0.1) is 24.2 Å². The van der Waals surface area contributed by atoms with Gasteiger partial charge in [0.2, 0.25) is 12.7 Å². The first-order chi connectivity index (χ1) is 11.8. The Morgan fingerprint density at radius 2 is 1.77 bits per heavy atom. The molecule has 0 bridgehead atoms. The van der Waals surface area contributed by atoms with Crippen molar-refractivity contribution >= 4 is 41.5 Å². The van der Waals surface area contributed by atoms with Gasteiger partial charge < -0.3 is 20.5 Å². The maximum atomic E-state index is 12.2. The van der Waals surface area contributed by atoms with Crippen molar-refractivity contribution in [2.75, 3.05) is 23.6 Å². The fourth-order valence-corrected chi connectivity index (χ4v) is 3.15. The molecule has 1 amide bonds. The van der Waals surface area contributed by atoms with Crippen LogP contribution in [0.4, 0.5) is 11.4 Å². The van der Waals surface area contributed by atoms with Gasteiger partial charge in [-0.05, 0) is 23.1 Å². The van der Waals surface area contributed by atoms with Crippen LogP contribution in [-0.2, 0) is 10.2 Å². The number of hydrogen-bond donors (Lipinski definition) is 2. The maximum absolute atomic E-state index is 12.2. The van der Waals surface area contributed by atoms with Crippen molar-refractivity contribution in [3.63, 3.8) is 0 Å². The minimum atomic E-state index is -0.115. The van der Waals surface area contributed by atoms with Gasteiger partial charge in [0.15, 0.2) is 11.5 Å². The third-order valence-corrected chi connectivity index (χ3v) is 4.92. The Bertz CT molecular complexity index is 789. The van der Waals surface area contributed by atoms with Gasteiger partial charge in [0.25, 0.3) is 0 Å². The lowest BCUT2D eigenvalue weighted by Gasteiger charge is -2.19. The number of amides is 1. The van der Waals surface area contributed by atoms with E-state index in [0.717, 1.165) is 4.90 Å². The van der Waals surface area contributed by atoms with Gasteiger partial charge in [0.1, 0.15) is 0 Å². The van der Waals surface area contributed by atoms with Crippen molar-refractivity contribution in [1.29, 1.82) is 0 Å². The van der Waals surface area contributed by atoms with E-state index in [9.17, 15) is 4.79 Å². The summed E-state index contributed by atoms with van der Waals surface area (Å²) in [4.78, 5) is 13.3. The van der Waals surface area contributed by atoms with Gasteiger partial charge in [0, 0.05) is 17.0 Å². The van der Waals surface area contributed by atoms with Gasteiger partial charge in [-0.2, -0.15) is 0 Å². The van der Waals surface area contributed by atoms with E-state index >= 15 is 0 Å². The minimum absolute atomic E-state index is 0. The predicted molar refractivity (Wildman–Crippen MR) is 109 cm³/mol. The summed E-state index contributed by atoms with van der Waals surface area (Å²) in [6.45, 7) is 6.71. The number of fused-ring (bicyclic) bond motifs is 1. The van der Waals surface area contributed by atoms with E-state index in [-0.39, 0.29) is 30.5 Å². The van der Waals surface area contributed by atoms with Crippen LogP contribution in [0.3, 0.4) is 0 Å². The maximum Gasteiger partial charge on any atom is 0.234 e. The summed E-state index contributed by atoms with van der Waals surface area (Å²) >= 11 is 1.49. The van der Waals surface area contributed by atoms with Crippen LogP contribution < -0.4 is 20.5 Å². The second-order valence-electron chi connectivity index (χ2n) is 6.90. The molecule has 0 radical (unpaired) electrons. The van der Waals surface area contributed by atoms with Crippen molar-refractivity contribution in [2.24, 2.45) is 0 Å². The number of carbonyl (C=O) groups excluding carboxylic acids is 1. The number of thioether (sulfide) groups is 1. The minimum Gasteiger partial charge on any atom is -0.454 e. The molecule has 3 rings (SSSR count). The molecule has 5 nitrogen and oxygen atoms in total. The number of carbonyl (C=O) groups is 1. The molecular weight excluding hydrogens is 372 g/mol. The molecule has 2 aromatic rings. The Kier molecular flexibility index (Phi) is 6.31. The zero-order valence-electron chi connectivity index (χ0n) is 15.0. The Labute approximate surface area is 164 Å². The number of nitrogen functional groups attached to an aromatic ring is 1. The molecule has 1 heterocycles. The number of nitrogens with one attached hydrogen (secondary N) is 1. The number of benzene rings is 2. The van der Waals surface area contributed by atoms with Crippen molar-refractivity contribution in [2.45, 2.75) is 31.1 Å². The second-order valence-corrected chi connectivity index (χ2v) is 7.95. The van der Waals surface area contributed by atoms with Crippen molar-refractivity contribution in [3.8, 4) is 11.5 Å². The highest BCUT2D eigenvalue weighted by Crippen LogP contribution is 2.38. The molecule has 3 N–H and O–H groups in total. The standard InChI is InChI=1S/C19H22N2O3S.ClH/c1-19(2,3)12-4-6-13(7-5-12)25-10-18(22)21-15-9-17-16(8-14(15)20)23-11-24-17;/h4-9H,10-11,20H2,1-3H3,(H,21,22);1H. The van der Waals surface area contributed by atoms with Crippen LogP contribution in [0.2, 0.25) is 0 Å². The number of hydrogen-bond acceptors (Lipinski definition) is 5. The van der Waals surface area contributed by atoms with Crippen LogP contribution in [-0.4, -0.2) is 18.5 Å². The van der Waals surface area contributed by atoms with Gasteiger partial charge >= 0.3 is 0 Å². The van der Waals surface area contributed by atoms with Crippen LogP contribution in [0.5, 0.6) is 11.5 Å². The second kappa shape index (κ2) is 8.10. The molecule has 0 atom stereocenters. The quantitative estimate of drug-likeness (QED) is 0.592. The van der Waals surface area contributed by atoms with Gasteiger partial charge in [-0.25, -0.2) is 0 Å². The van der Waals surface area contributed by atoms with Crippen molar-refractivity contribution < 1.29 is 14.3 Å². The highest BCUT2D eigenvalue weighted by Gasteiger charge is 2.17. The Balaban J connectivity index is 0.00000243.